The monoisotopic (exact) mass is 1340 g/mol. The van der Waals surface area contributed by atoms with Gasteiger partial charge in [-0.3, -0.25) is 0 Å². The highest BCUT2D eigenvalue weighted by Crippen LogP contribution is 2.16. The molecular weight excluding hydrogens is 1180 g/mol. The second-order valence-corrected chi connectivity index (χ2v) is 26.3. The number of unbranched alkanes of at least 4 members (excludes halogenated alkanes) is 25. The van der Waals surface area contributed by atoms with Gasteiger partial charge in [0.1, 0.15) is 0 Å². The van der Waals surface area contributed by atoms with Gasteiger partial charge in [-0.1, -0.05) is 304 Å². The molecule has 0 amide bonds. The summed E-state index contributed by atoms with van der Waals surface area (Å²) >= 11 is 0. The lowest BCUT2D eigenvalue weighted by atomic mass is 10.0. The van der Waals surface area contributed by atoms with Gasteiger partial charge in [0.05, 0.1) is 0 Å². The maximum absolute atomic E-state index is 3.71. The molecule has 0 aromatic heterocycles. The molecule has 0 atom stereocenters. The van der Waals surface area contributed by atoms with Crippen LogP contribution in [0.5, 0.6) is 0 Å². The Morgan fingerprint density at radius 3 is 0.480 bits per heavy atom. The molecule has 558 valence electrons. The first-order valence-electron chi connectivity index (χ1n) is 41.2. The first-order valence-corrected chi connectivity index (χ1v) is 41.2. The second kappa shape index (κ2) is 110. The fourth-order valence-electron chi connectivity index (χ4n) is 10.4. The Morgan fingerprint density at radius 2 is 0.286 bits per heavy atom. The molecule has 0 spiro atoms. The van der Waals surface area contributed by atoms with E-state index in [2.05, 4.69) is 187 Å². The lowest BCUT2D eigenvalue weighted by Gasteiger charge is -2.05. The molecular formula is C98H166. The third-order valence-corrected chi connectivity index (χ3v) is 16.7. The van der Waals surface area contributed by atoms with E-state index in [1.165, 1.54) is 334 Å². The maximum Gasteiger partial charge on any atom is -0.0169 e. The molecule has 98 heavy (non-hydrogen) atoms. The van der Waals surface area contributed by atoms with E-state index in [4.69, 9.17) is 0 Å². The van der Waals surface area contributed by atoms with Gasteiger partial charge in [-0.15, -0.1) is 65.8 Å². The van der Waals surface area contributed by atoms with Gasteiger partial charge < -0.3 is 0 Å². The zero-order valence-corrected chi connectivity index (χ0v) is 65.4. The van der Waals surface area contributed by atoms with Crippen molar-refractivity contribution in [2.75, 3.05) is 0 Å². The Kier molecular flexibility index (Phi) is 114. The number of hydrogen-bond donors (Lipinski definition) is 0. The standard InChI is InChI=1S/C12H22.C11H20.C10H18.C9H16.C8H16.C8H12.C8H14.C7H12.C7H10.C6H10.2C6H8/c1-3-5-7-9-11-12-10-8-6-4-2;1-3-5-7-9-11-10-8-6-4-2;1-3-5-7-9-10-8-6-4-2;1-3-5-7-9-8-6-4-2;2*1-2-4-6-8-7-5-3-1;1-3-5-7-8-6-4-2;2*1-2-4-6-7-5-3-1;3*1-2-4-6-5-3-1/h3-4H,1-2,5-12H2;3-4H,1-2,5-11H2;3-4H,1-2,5-10H2;3-4H,1-2,5-9H2;1-8H2;1-4H,5-8H2;3-4H,1-2,5-8H2;1-2H,3-7H2;1-4H,5-7H2;1-2H,3-6H2;1-2,5-6H,3-4H2;1-4H,5-6H2. The van der Waals surface area contributed by atoms with Crippen molar-refractivity contribution in [3.63, 3.8) is 0 Å². The molecule has 0 aromatic carbocycles. The third-order valence-electron chi connectivity index (χ3n) is 16.7. The second-order valence-electron chi connectivity index (χ2n) is 26.3. The zero-order valence-electron chi connectivity index (χ0n) is 65.4. The molecule has 7 aliphatic carbocycles. The van der Waals surface area contributed by atoms with E-state index in [0.29, 0.717) is 0 Å². The summed E-state index contributed by atoms with van der Waals surface area (Å²) in [6.45, 7) is 36.7. The summed E-state index contributed by atoms with van der Waals surface area (Å²) in [5.41, 5.74) is 0. The van der Waals surface area contributed by atoms with Gasteiger partial charge in [-0.2, -0.15) is 0 Å². The molecule has 0 N–H and O–H groups in total. The van der Waals surface area contributed by atoms with Crippen molar-refractivity contribution in [3.05, 3.63) is 248 Å². The third kappa shape index (κ3) is 121. The van der Waals surface area contributed by atoms with Crippen molar-refractivity contribution >= 4 is 0 Å². The molecule has 1 saturated carbocycles. The van der Waals surface area contributed by atoms with Crippen LogP contribution in [0.4, 0.5) is 0 Å². The molecule has 0 aliphatic heterocycles. The van der Waals surface area contributed by atoms with Crippen LogP contribution in [0.2, 0.25) is 0 Å². The Labute approximate surface area is 616 Å². The summed E-state index contributed by atoms with van der Waals surface area (Å²) in [7, 11) is 0. The first-order chi connectivity index (χ1) is 48.6. The first kappa shape index (κ1) is 101. The van der Waals surface area contributed by atoms with Crippen LogP contribution < -0.4 is 0 Å². The van der Waals surface area contributed by atoms with Crippen molar-refractivity contribution in [1.29, 1.82) is 0 Å². The molecule has 0 nitrogen and oxygen atoms in total. The summed E-state index contributed by atoms with van der Waals surface area (Å²) < 4.78 is 0. The van der Waals surface area contributed by atoms with Crippen LogP contribution in [0.1, 0.15) is 372 Å². The predicted octanol–water partition coefficient (Wildman–Crippen LogP) is 35.0. The summed E-state index contributed by atoms with van der Waals surface area (Å²) in [5.74, 6) is 0. The average molecular weight is 1340 g/mol. The van der Waals surface area contributed by atoms with Crippen LogP contribution in [-0.4, -0.2) is 0 Å². The van der Waals surface area contributed by atoms with Gasteiger partial charge in [-0.05, 0) is 250 Å². The largest absolute Gasteiger partial charge is 0.103 e. The molecule has 0 saturated heterocycles. The average Bonchev–Trinajstić information content (AvgIpc) is 4.18. The maximum atomic E-state index is 3.71. The smallest absolute Gasteiger partial charge is 0.0169 e. The normalized spacial score (nSPS) is 14.8. The van der Waals surface area contributed by atoms with E-state index in [1.54, 1.807) is 0 Å². The minimum Gasteiger partial charge on any atom is -0.103 e. The van der Waals surface area contributed by atoms with Crippen LogP contribution in [-0.2, 0) is 0 Å². The van der Waals surface area contributed by atoms with E-state index in [1.807, 2.05) is 60.8 Å². The minimum absolute atomic E-state index is 1.14. The Bertz CT molecular complexity index is 1740. The molecule has 7 rings (SSSR count). The van der Waals surface area contributed by atoms with Crippen molar-refractivity contribution in [1.82, 2.24) is 0 Å². The predicted molar refractivity (Wildman–Crippen MR) is 461 cm³/mol. The van der Waals surface area contributed by atoms with Gasteiger partial charge in [0.25, 0.3) is 0 Å². The van der Waals surface area contributed by atoms with Crippen molar-refractivity contribution in [2.45, 2.75) is 372 Å². The molecule has 0 heteroatoms. The van der Waals surface area contributed by atoms with Gasteiger partial charge in [0.15, 0.2) is 0 Å². The Balaban J connectivity index is -0.000000322. The quantitative estimate of drug-likeness (QED) is 0.0438. The van der Waals surface area contributed by atoms with E-state index >= 15 is 0 Å². The lowest BCUT2D eigenvalue weighted by Crippen LogP contribution is -1.85. The SMILES string of the molecule is C1=CCC=CC1.C1=CCCC=C1.C1=CCCCC1.C1=CCCCC=C1.C1=CCCCCC1.C1=CCCCCC=C1.C1CCCCCCC1.C=CCCCCC=C.C=CCCCCCC=C.C=CCCCCCCC=C.C=CCCCCCCCC=C.C=CCCCCCCCCC=C. The van der Waals surface area contributed by atoms with Crippen molar-refractivity contribution < 1.29 is 0 Å². The molecule has 0 bridgehead atoms. The highest BCUT2D eigenvalue weighted by Gasteiger charge is 1.97. The molecule has 0 aromatic rings. The summed E-state index contributed by atoms with van der Waals surface area (Å²) in [6.07, 6.45) is 140. The van der Waals surface area contributed by atoms with E-state index in [9.17, 15) is 0 Å². The van der Waals surface area contributed by atoms with Crippen LogP contribution in [0.15, 0.2) is 248 Å². The molecule has 0 unspecified atom stereocenters. The van der Waals surface area contributed by atoms with Crippen LogP contribution in [0.3, 0.4) is 0 Å². The summed E-state index contributed by atoms with van der Waals surface area (Å²) in [4.78, 5) is 0. The molecule has 0 heterocycles. The summed E-state index contributed by atoms with van der Waals surface area (Å²) in [5, 5.41) is 0. The van der Waals surface area contributed by atoms with E-state index in [0.717, 1.165) is 38.5 Å². The Hall–Kier alpha value is -5.20. The molecule has 0 radical (unpaired) electrons. The van der Waals surface area contributed by atoms with Crippen LogP contribution >= 0.6 is 0 Å². The molecule has 7 aliphatic rings. The van der Waals surface area contributed by atoms with E-state index in [-0.39, 0.29) is 0 Å². The number of allylic oxidation sites excluding steroid dienone is 30. The van der Waals surface area contributed by atoms with Crippen LogP contribution in [0, 0.1) is 0 Å². The number of hydrogen-bond acceptors (Lipinski definition) is 0. The lowest BCUT2D eigenvalue weighted by molar-refractivity contribution is 0.504. The van der Waals surface area contributed by atoms with Gasteiger partial charge in [-0.25, -0.2) is 0 Å². The van der Waals surface area contributed by atoms with Crippen LogP contribution in [0.25, 0.3) is 0 Å². The highest BCUT2D eigenvalue weighted by molar-refractivity contribution is 5.07. The molecule has 1 fully saturated rings. The minimum atomic E-state index is 1.14. The van der Waals surface area contributed by atoms with E-state index < -0.39 is 0 Å². The topological polar surface area (TPSA) is 0 Å². The van der Waals surface area contributed by atoms with Crippen molar-refractivity contribution in [3.8, 4) is 0 Å². The Morgan fingerprint density at radius 1 is 0.143 bits per heavy atom. The van der Waals surface area contributed by atoms with Gasteiger partial charge >= 0.3 is 0 Å². The van der Waals surface area contributed by atoms with Gasteiger partial charge in [0.2, 0.25) is 0 Å². The highest BCUT2D eigenvalue weighted by atomic mass is 14.0. The summed E-state index contributed by atoms with van der Waals surface area (Å²) in [6, 6.07) is 0. The van der Waals surface area contributed by atoms with Crippen molar-refractivity contribution in [2.24, 2.45) is 0 Å². The zero-order chi connectivity index (χ0) is 72.2. The fraction of sp³-hybridized carbons (Fsp3) is 0.592. The fourth-order valence-corrected chi connectivity index (χ4v) is 10.4. The van der Waals surface area contributed by atoms with Gasteiger partial charge in [0, 0.05) is 0 Å². The number of rotatable bonds is 35.